The molecule has 0 saturated carbocycles. The quantitative estimate of drug-likeness (QED) is 0.703. The van der Waals surface area contributed by atoms with Crippen LogP contribution >= 0.6 is 0 Å². The number of aryl methyl sites for hydroxylation is 1. The van der Waals surface area contributed by atoms with Gasteiger partial charge >= 0.3 is 5.97 Å². The molecule has 2 aromatic rings. The first-order chi connectivity index (χ1) is 8.69. The lowest BCUT2D eigenvalue weighted by molar-refractivity contribution is 0.0690. The van der Waals surface area contributed by atoms with E-state index in [2.05, 4.69) is 30.5 Å². The number of carboxylic acid groups (broad SMARTS) is 1. The van der Waals surface area contributed by atoms with Crippen LogP contribution < -0.4 is 5.32 Å². The monoisotopic (exact) mass is 248 g/mol. The maximum atomic E-state index is 10.6. The summed E-state index contributed by atoms with van der Waals surface area (Å²) >= 11 is 0. The van der Waals surface area contributed by atoms with Crippen LogP contribution in [0, 0.1) is 0 Å². The normalized spacial score (nSPS) is 10.3. The average molecular weight is 248 g/mol. The second-order valence-electron chi connectivity index (χ2n) is 3.50. The van der Waals surface area contributed by atoms with Gasteiger partial charge in [-0.25, -0.2) is 19.7 Å². The van der Waals surface area contributed by atoms with E-state index in [0.717, 1.165) is 12.2 Å². The summed E-state index contributed by atoms with van der Waals surface area (Å²) in [6, 6.07) is 0. The molecule has 3 N–H and O–H groups in total. The van der Waals surface area contributed by atoms with E-state index in [1.807, 2.05) is 6.92 Å². The first kappa shape index (κ1) is 12.0. The number of aromatic carboxylic acids is 1. The summed E-state index contributed by atoms with van der Waals surface area (Å²) in [5.74, 6) is 0.821. The molecule has 0 saturated heterocycles. The van der Waals surface area contributed by atoms with Gasteiger partial charge in [0.05, 0.1) is 18.9 Å². The highest BCUT2D eigenvalue weighted by molar-refractivity contribution is 5.84. The molecule has 0 unspecified atom stereocenters. The molecule has 0 spiro atoms. The van der Waals surface area contributed by atoms with Gasteiger partial charge in [-0.3, -0.25) is 5.10 Å². The van der Waals surface area contributed by atoms with E-state index in [9.17, 15) is 4.79 Å². The summed E-state index contributed by atoms with van der Waals surface area (Å²) in [5, 5.41) is 18.4. The number of hydrogen-bond acceptors (Lipinski definition) is 6. The molecule has 94 valence electrons. The van der Waals surface area contributed by atoms with Gasteiger partial charge in [0.1, 0.15) is 11.6 Å². The van der Waals surface area contributed by atoms with Crippen LogP contribution in [-0.2, 0) is 13.0 Å². The minimum absolute atomic E-state index is 0.0894. The van der Waals surface area contributed by atoms with Crippen molar-refractivity contribution in [2.75, 3.05) is 5.32 Å². The predicted octanol–water partition coefficient (Wildman–Crippen LogP) is 0.467. The lowest BCUT2D eigenvalue weighted by Gasteiger charge is -2.02. The van der Waals surface area contributed by atoms with Crippen LogP contribution in [0.15, 0.2) is 12.4 Å². The van der Waals surface area contributed by atoms with Gasteiger partial charge in [-0.1, -0.05) is 6.92 Å². The maximum absolute atomic E-state index is 10.6. The standard InChI is InChI=1S/C10H12N6O2/c1-2-7-14-9(16-15-7)5-13-8-4-11-6(3-12-8)10(17)18/h3-4H,2,5H2,1H3,(H,12,13)(H,17,18)(H,14,15,16). The van der Waals surface area contributed by atoms with Gasteiger partial charge < -0.3 is 10.4 Å². The molecule has 18 heavy (non-hydrogen) atoms. The Labute approximate surface area is 103 Å². The predicted molar refractivity (Wildman–Crippen MR) is 62.1 cm³/mol. The number of aromatic amines is 1. The lowest BCUT2D eigenvalue weighted by atomic mass is 10.4. The van der Waals surface area contributed by atoms with Crippen molar-refractivity contribution in [1.29, 1.82) is 0 Å². The van der Waals surface area contributed by atoms with Gasteiger partial charge in [-0.15, -0.1) is 0 Å². The Morgan fingerprint density at radius 2 is 2.28 bits per heavy atom. The topological polar surface area (TPSA) is 117 Å². The van der Waals surface area contributed by atoms with Crippen molar-refractivity contribution in [3.63, 3.8) is 0 Å². The van der Waals surface area contributed by atoms with E-state index in [0.29, 0.717) is 18.2 Å². The Hall–Kier alpha value is -2.51. The van der Waals surface area contributed by atoms with E-state index in [-0.39, 0.29) is 5.69 Å². The van der Waals surface area contributed by atoms with E-state index in [1.54, 1.807) is 0 Å². The Morgan fingerprint density at radius 3 is 2.83 bits per heavy atom. The summed E-state index contributed by atoms with van der Waals surface area (Å²) in [7, 11) is 0. The molecular formula is C10H12N6O2. The second-order valence-corrected chi connectivity index (χ2v) is 3.50. The third-order valence-electron chi connectivity index (χ3n) is 2.20. The van der Waals surface area contributed by atoms with Crippen LogP contribution in [0.2, 0.25) is 0 Å². The van der Waals surface area contributed by atoms with E-state index in [4.69, 9.17) is 5.11 Å². The maximum Gasteiger partial charge on any atom is 0.356 e. The van der Waals surface area contributed by atoms with Crippen molar-refractivity contribution in [3.8, 4) is 0 Å². The third kappa shape index (κ3) is 2.78. The van der Waals surface area contributed by atoms with E-state index in [1.165, 1.54) is 12.4 Å². The summed E-state index contributed by atoms with van der Waals surface area (Å²) in [6.07, 6.45) is 3.33. The number of rotatable bonds is 5. The first-order valence-electron chi connectivity index (χ1n) is 5.38. The largest absolute Gasteiger partial charge is 0.476 e. The molecule has 8 nitrogen and oxygen atoms in total. The molecule has 2 aromatic heterocycles. The number of carbonyl (C=O) groups is 1. The fourth-order valence-electron chi connectivity index (χ4n) is 1.28. The highest BCUT2D eigenvalue weighted by Gasteiger charge is 2.05. The van der Waals surface area contributed by atoms with Crippen molar-refractivity contribution in [1.82, 2.24) is 25.1 Å². The van der Waals surface area contributed by atoms with Crippen molar-refractivity contribution >= 4 is 11.8 Å². The number of nitrogens with one attached hydrogen (secondary N) is 2. The Bertz CT molecular complexity index is 536. The zero-order chi connectivity index (χ0) is 13.0. The fraction of sp³-hybridized carbons (Fsp3) is 0.300. The average Bonchev–Trinajstić information content (AvgIpc) is 2.85. The fourth-order valence-corrected chi connectivity index (χ4v) is 1.28. The molecule has 0 aliphatic rings. The smallest absolute Gasteiger partial charge is 0.356 e. The molecule has 0 aromatic carbocycles. The van der Waals surface area contributed by atoms with Crippen molar-refractivity contribution in [2.45, 2.75) is 19.9 Å². The number of carboxylic acids is 1. The number of H-pyrrole nitrogens is 1. The van der Waals surface area contributed by atoms with Gasteiger partial charge in [0.2, 0.25) is 0 Å². The molecule has 0 radical (unpaired) electrons. The summed E-state index contributed by atoms with van der Waals surface area (Å²) in [4.78, 5) is 22.5. The van der Waals surface area contributed by atoms with Gasteiger partial charge in [0.25, 0.3) is 0 Å². The van der Waals surface area contributed by atoms with Crippen LogP contribution in [-0.4, -0.2) is 36.2 Å². The summed E-state index contributed by atoms with van der Waals surface area (Å²) in [5.41, 5.74) is -0.0894. The molecule has 0 amide bonds. The molecular weight excluding hydrogens is 236 g/mol. The Morgan fingerprint density at radius 1 is 1.44 bits per heavy atom. The molecule has 0 fully saturated rings. The molecule has 0 bridgehead atoms. The SMILES string of the molecule is CCc1n[nH]c(CNc2cnc(C(=O)O)cn2)n1. The first-order valence-corrected chi connectivity index (χ1v) is 5.38. The van der Waals surface area contributed by atoms with Crippen molar-refractivity contribution < 1.29 is 9.90 Å². The molecule has 0 aliphatic carbocycles. The molecule has 2 heterocycles. The highest BCUT2D eigenvalue weighted by atomic mass is 16.4. The summed E-state index contributed by atoms with van der Waals surface area (Å²) in [6.45, 7) is 2.39. The molecule has 8 heteroatoms. The van der Waals surface area contributed by atoms with E-state index >= 15 is 0 Å². The zero-order valence-electron chi connectivity index (χ0n) is 9.71. The van der Waals surface area contributed by atoms with Crippen LogP contribution in [0.25, 0.3) is 0 Å². The molecule has 0 aliphatic heterocycles. The van der Waals surface area contributed by atoms with Crippen LogP contribution in [0.1, 0.15) is 29.1 Å². The minimum Gasteiger partial charge on any atom is -0.476 e. The minimum atomic E-state index is -1.10. The zero-order valence-corrected chi connectivity index (χ0v) is 9.71. The van der Waals surface area contributed by atoms with Gasteiger partial charge in [-0.05, 0) is 0 Å². The van der Waals surface area contributed by atoms with Crippen molar-refractivity contribution in [3.05, 3.63) is 29.7 Å². The molecule has 0 atom stereocenters. The number of nitrogens with zero attached hydrogens (tertiary/aromatic N) is 4. The summed E-state index contributed by atoms with van der Waals surface area (Å²) < 4.78 is 0. The van der Waals surface area contributed by atoms with Crippen LogP contribution in [0.3, 0.4) is 0 Å². The second kappa shape index (κ2) is 5.21. The van der Waals surface area contributed by atoms with E-state index < -0.39 is 5.97 Å². The Kier molecular flexibility index (Phi) is 3.46. The number of hydrogen-bond donors (Lipinski definition) is 3. The molecule has 2 rings (SSSR count). The van der Waals surface area contributed by atoms with Crippen LogP contribution in [0.5, 0.6) is 0 Å². The number of aromatic nitrogens is 5. The Balaban J connectivity index is 1.95. The lowest BCUT2D eigenvalue weighted by Crippen LogP contribution is -2.06. The highest BCUT2D eigenvalue weighted by Crippen LogP contribution is 2.03. The van der Waals surface area contributed by atoms with Crippen LogP contribution in [0.4, 0.5) is 5.82 Å². The van der Waals surface area contributed by atoms with Gasteiger partial charge in [0, 0.05) is 6.42 Å². The van der Waals surface area contributed by atoms with Gasteiger partial charge in [0.15, 0.2) is 11.5 Å². The number of anilines is 1. The third-order valence-corrected chi connectivity index (χ3v) is 2.20. The van der Waals surface area contributed by atoms with Gasteiger partial charge in [-0.2, -0.15) is 5.10 Å². The van der Waals surface area contributed by atoms with Crippen molar-refractivity contribution in [2.24, 2.45) is 0 Å².